The molecule has 0 aliphatic heterocycles. The highest BCUT2D eigenvalue weighted by atomic mass is 16.5. The van der Waals surface area contributed by atoms with E-state index in [1.165, 1.54) is 25.3 Å². The molecule has 6 nitrogen and oxygen atoms in total. The quantitative estimate of drug-likeness (QED) is 0.318. The van der Waals surface area contributed by atoms with Gasteiger partial charge in [0, 0.05) is 4.91 Å². The van der Waals surface area contributed by atoms with Crippen molar-refractivity contribution in [2.75, 3.05) is 7.11 Å². The summed E-state index contributed by atoms with van der Waals surface area (Å²) in [6.07, 6.45) is 0. The van der Waals surface area contributed by atoms with E-state index in [1.807, 2.05) is 6.07 Å². The third-order valence-electron chi connectivity index (χ3n) is 1.68. The molecule has 74 valence electrons. The zero-order valence-electron chi connectivity index (χ0n) is 7.84. The van der Waals surface area contributed by atoms with Gasteiger partial charge in [-0.15, -0.1) is 0 Å². The molecule has 6 heteroatoms. The third kappa shape index (κ3) is 2.24. The molecule has 0 unspecified atom stereocenters. The van der Waals surface area contributed by atoms with Gasteiger partial charge in [0.25, 0.3) is 0 Å². The Morgan fingerprint density at radius 2 is 2.40 bits per heavy atom. The first-order chi connectivity index (χ1) is 7.22. The number of azide groups is 1. The molecule has 0 aromatic heterocycles. The monoisotopic (exact) mass is 202 g/mol. The van der Waals surface area contributed by atoms with Crippen LogP contribution in [0.2, 0.25) is 0 Å². The molecule has 15 heavy (non-hydrogen) atoms. The van der Waals surface area contributed by atoms with E-state index in [9.17, 15) is 4.79 Å². The summed E-state index contributed by atoms with van der Waals surface area (Å²) in [6.45, 7) is 0. The number of ether oxygens (including phenoxy) is 1. The van der Waals surface area contributed by atoms with Crippen LogP contribution in [0.4, 0.5) is 5.69 Å². The van der Waals surface area contributed by atoms with Gasteiger partial charge in [-0.2, -0.15) is 5.26 Å². The lowest BCUT2D eigenvalue weighted by atomic mass is 10.1. The van der Waals surface area contributed by atoms with E-state index in [4.69, 9.17) is 10.8 Å². The highest BCUT2D eigenvalue weighted by molar-refractivity contribution is 5.95. The molecular formula is C9H6N4O2. The second-order valence-electron chi connectivity index (χ2n) is 2.52. The van der Waals surface area contributed by atoms with Crippen molar-refractivity contribution in [2.24, 2.45) is 5.11 Å². The lowest BCUT2D eigenvalue weighted by Gasteiger charge is -2.02. The average molecular weight is 202 g/mol. The van der Waals surface area contributed by atoms with E-state index in [1.54, 1.807) is 0 Å². The molecule has 0 bridgehead atoms. The van der Waals surface area contributed by atoms with Gasteiger partial charge in [-0.05, 0) is 23.7 Å². The summed E-state index contributed by atoms with van der Waals surface area (Å²) in [5, 5.41) is 11.9. The van der Waals surface area contributed by atoms with Gasteiger partial charge in [-0.3, -0.25) is 0 Å². The predicted molar refractivity (Wildman–Crippen MR) is 51.3 cm³/mol. The summed E-state index contributed by atoms with van der Waals surface area (Å²) in [5.41, 5.74) is 8.82. The molecule has 0 radical (unpaired) electrons. The number of hydrogen-bond acceptors (Lipinski definition) is 4. The smallest absolute Gasteiger partial charge is 0.338 e. The van der Waals surface area contributed by atoms with E-state index in [0.717, 1.165) is 0 Å². The van der Waals surface area contributed by atoms with Gasteiger partial charge < -0.3 is 4.74 Å². The number of carbonyl (C=O) groups excluding carboxylic acids is 1. The second kappa shape index (κ2) is 4.65. The summed E-state index contributed by atoms with van der Waals surface area (Å²) in [6, 6.07) is 6.03. The minimum atomic E-state index is -0.609. The van der Waals surface area contributed by atoms with Crippen LogP contribution in [0.15, 0.2) is 23.3 Å². The SMILES string of the molecule is COC(=O)c1ccc(C#N)cc1N=[N+]=[N-]. The van der Waals surface area contributed by atoms with Crippen LogP contribution in [0.5, 0.6) is 0 Å². The molecule has 0 atom stereocenters. The van der Waals surface area contributed by atoms with E-state index in [2.05, 4.69) is 14.8 Å². The van der Waals surface area contributed by atoms with Crippen LogP contribution in [-0.4, -0.2) is 13.1 Å². The summed E-state index contributed by atoms with van der Waals surface area (Å²) < 4.78 is 4.49. The maximum Gasteiger partial charge on any atom is 0.338 e. The first-order valence-corrected chi connectivity index (χ1v) is 3.90. The van der Waals surface area contributed by atoms with Crippen LogP contribution < -0.4 is 0 Å². The fourth-order valence-corrected chi connectivity index (χ4v) is 1.01. The van der Waals surface area contributed by atoms with E-state index >= 15 is 0 Å². The second-order valence-corrected chi connectivity index (χ2v) is 2.52. The van der Waals surface area contributed by atoms with Crippen LogP contribution in [0, 0.1) is 11.3 Å². The highest BCUT2D eigenvalue weighted by Gasteiger charge is 2.10. The normalized spacial score (nSPS) is 8.53. The lowest BCUT2D eigenvalue weighted by Crippen LogP contribution is -2.01. The van der Waals surface area contributed by atoms with Gasteiger partial charge in [-0.1, -0.05) is 5.11 Å². The van der Waals surface area contributed by atoms with Crippen LogP contribution in [-0.2, 0) is 4.74 Å². The highest BCUT2D eigenvalue weighted by Crippen LogP contribution is 2.21. The molecule has 1 rings (SSSR count). The Labute approximate surface area is 85.3 Å². The third-order valence-corrected chi connectivity index (χ3v) is 1.68. The molecule has 0 heterocycles. The molecule has 0 spiro atoms. The Kier molecular flexibility index (Phi) is 3.28. The number of rotatable bonds is 2. The minimum absolute atomic E-state index is 0.0865. The van der Waals surface area contributed by atoms with Gasteiger partial charge in [0.1, 0.15) is 0 Å². The van der Waals surface area contributed by atoms with Crippen molar-refractivity contribution in [3.63, 3.8) is 0 Å². The van der Waals surface area contributed by atoms with Crippen molar-refractivity contribution < 1.29 is 9.53 Å². The molecular weight excluding hydrogens is 196 g/mol. The number of nitriles is 1. The van der Waals surface area contributed by atoms with E-state index in [0.29, 0.717) is 5.56 Å². The Morgan fingerprint density at radius 1 is 1.67 bits per heavy atom. The molecule has 0 saturated heterocycles. The fraction of sp³-hybridized carbons (Fsp3) is 0.111. The van der Waals surface area contributed by atoms with Crippen LogP contribution >= 0.6 is 0 Å². The Hall–Kier alpha value is -2.51. The first-order valence-electron chi connectivity index (χ1n) is 3.90. The van der Waals surface area contributed by atoms with E-state index in [-0.39, 0.29) is 11.3 Å². The number of hydrogen-bond donors (Lipinski definition) is 0. The molecule has 0 amide bonds. The number of esters is 1. The first kappa shape index (κ1) is 10.6. The van der Waals surface area contributed by atoms with Crippen LogP contribution in [0.25, 0.3) is 10.4 Å². The number of benzene rings is 1. The zero-order valence-corrected chi connectivity index (χ0v) is 7.84. The van der Waals surface area contributed by atoms with E-state index < -0.39 is 5.97 Å². The summed E-state index contributed by atoms with van der Waals surface area (Å²) in [4.78, 5) is 13.8. The van der Waals surface area contributed by atoms with Crippen LogP contribution in [0.3, 0.4) is 0 Å². The van der Waals surface area contributed by atoms with Gasteiger partial charge >= 0.3 is 5.97 Å². The topological polar surface area (TPSA) is 98.9 Å². The molecule has 0 fully saturated rings. The number of nitrogens with zero attached hydrogens (tertiary/aromatic N) is 4. The van der Waals surface area contributed by atoms with Crippen LogP contribution in [0.1, 0.15) is 15.9 Å². The fourth-order valence-electron chi connectivity index (χ4n) is 1.01. The average Bonchev–Trinajstić information content (AvgIpc) is 2.28. The largest absolute Gasteiger partial charge is 0.465 e. The van der Waals surface area contributed by atoms with Crippen molar-refractivity contribution >= 4 is 11.7 Å². The van der Waals surface area contributed by atoms with Crippen molar-refractivity contribution in [2.45, 2.75) is 0 Å². The lowest BCUT2D eigenvalue weighted by molar-refractivity contribution is 0.0601. The minimum Gasteiger partial charge on any atom is -0.465 e. The number of methoxy groups -OCH3 is 1. The zero-order chi connectivity index (χ0) is 11.3. The maximum absolute atomic E-state index is 11.2. The van der Waals surface area contributed by atoms with Crippen molar-refractivity contribution in [1.29, 1.82) is 5.26 Å². The maximum atomic E-state index is 11.2. The Morgan fingerprint density at radius 3 is 2.93 bits per heavy atom. The molecule has 1 aromatic carbocycles. The molecule has 1 aromatic rings. The standard InChI is InChI=1S/C9H6N4O2/c1-15-9(14)7-3-2-6(5-10)4-8(7)12-13-11/h2-4H,1H3. The van der Waals surface area contributed by atoms with Gasteiger partial charge in [0.2, 0.25) is 0 Å². The number of carbonyl (C=O) groups is 1. The van der Waals surface area contributed by atoms with Gasteiger partial charge in [0.05, 0.1) is 30.0 Å². The molecule has 0 saturated carbocycles. The Bertz CT molecular complexity index is 483. The Balaban J connectivity index is 3.34. The van der Waals surface area contributed by atoms with Crippen molar-refractivity contribution in [3.8, 4) is 6.07 Å². The summed E-state index contributed by atoms with van der Waals surface area (Å²) in [7, 11) is 1.22. The summed E-state index contributed by atoms with van der Waals surface area (Å²) in [5.74, 6) is -0.609. The van der Waals surface area contributed by atoms with Crippen molar-refractivity contribution in [3.05, 3.63) is 39.8 Å². The molecule has 0 N–H and O–H groups in total. The predicted octanol–water partition coefficient (Wildman–Crippen LogP) is 2.29. The molecule has 0 aliphatic carbocycles. The summed E-state index contributed by atoms with van der Waals surface area (Å²) >= 11 is 0. The molecule has 0 aliphatic rings. The van der Waals surface area contributed by atoms with Gasteiger partial charge in [0.15, 0.2) is 0 Å². The van der Waals surface area contributed by atoms with Gasteiger partial charge in [-0.25, -0.2) is 4.79 Å². The van der Waals surface area contributed by atoms with Crippen molar-refractivity contribution in [1.82, 2.24) is 0 Å².